The maximum Gasteiger partial charge on any atom is 0.257 e. The van der Waals surface area contributed by atoms with Gasteiger partial charge >= 0.3 is 0 Å². The summed E-state index contributed by atoms with van der Waals surface area (Å²) in [4.78, 5) is 28.7. The van der Waals surface area contributed by atoms with Gasteiger partial charge in [-0.2, -0.15) is 0 Å². The van der Waals surface area contributed by atoms with E-state index in [4.69, 9.17) is 4.74 Å². The number of aromatic hydroxyl groups is 1. The first kappa shape index (κ1) is 16.6. The Balaban J connectivity index is 1.60. The van der Waals surface area contributed by atoms with Gasteiger partial charge in [0.1, 0.15) is 11.5 Å². The fourth-order valence-electron chi connectivity index (χ4n) is 3.51. The Morgan fingerprint density at radius 3 is 2.33 bits per heavy atom. The van der Waals surface area contributed by atoms with Crippen LogP contribution in [0, 0.1) is 5.92 Å². The number of hydrogen-bond donors (Lipinski definition) is 1. The number of carbonyl (C=O) groups is 2. The third kappa shape index (κ3) is 3.32. The van der Waals surface area contributed by atoms with Crippen molar-refractivity contribution in [1.82, 2.24) is 9.80 Å². The molecule has 24 heavy (non-hydrogen) atoms. The maximum atomic E-state index is 12.6. The molecule has 2 fully saturated rings. The molecule has 6 nitrogen and oxygen atoms in total. The standard InChI is InChI=1S/C18H24N2O4/c1-24-14-4-5-15(16(21)12-14)18(23)20-10-6-13(7-11-20)17(22)19-8-2-3-9-19/h4-5,12-13,21H,2-3,6-11H2,1H3. The number of nitrogens with zero attached hydrogens (tertiary/aromatic N) is 2. The highest BCUT2D eigenvalue weighted by Crippen LogP contribution is 2.27. The van der Waals surface area contributed by atoms with E-state index in [0.717, 1.165) is 25.9 Å². The number of methoxy groups -OCH3 is 1. The predicted molar refractivity (Wildman–Crippen MR) is 89.1 cm³/mol. The topological polar surface area (TPSA) is 70.1 Å². The molecule has 0 radical (unpaired) electrons. The molecule has 130 valence electrons. The molecular formula is C18H24N2O4. The first-order valence-corrected chi connectivity index (χ1v) is 8.55. The molecule has 0 saturated carbocycles. The van der Waals surface area contributed by atoms with Crippen LogP contribution in [0.5, 0.6) is 11.5 Å². The molecule has 2 amide bonds. The van der Waals surface area contributed by atoms with Gasteiger partial charge in [-0.15, -0.1) is 0 Å². The molecule has 0 unspecified atom stereocenters. The van der Waals surface area contributed by atoms with Gasteiger partial charge in [0.15, 0.2) is 0 Å². The number of likely N-dealkylation sites (tertiary alicyclic amines) is 2. The van der Waals surface area contributed by atoms with Crippen molar-refractivity contribution < 1.29 is 19.4 Å². The van der Waals surface area contributed by atoms with E-state index in [2.05, 4.69) is 0 Å². The van der Waals surface area contributed by atoms with Gasteiger partial charge in [-0.25, -0.2) is 0 Å². The zero-order valence-electron chi connectivity index (χ0n) is 14.0. The minimum atomic E-state index is -0.192. The molecule has 2 saturated heterocycles. The van der Waals surface area contributed by atoms with E-state index in [1.807, 2.05) is 4.90 Å². The van der Waals surface area contributed by atoms with Crippen molar-refractivity contribution in [3.05, 3.63) is 23.8 Å². The first-order chi connectivity index (χ1) is 11.6. The first-order valence-electron chi connectivity index (χ1n) is 8.55. The Bertz CT molecular complexity index is 617. The smallest absolute Gasteiger partial charge is 0.257 e. The maximum absolute atomic E-state index is 12.6. The van der Waals surface area contributed by atoms with Gasteiger partial charge in [-0.1, -0.05) is 0 Å². The fraction of sp³-hybridized carbons (Fsp3) is 0.556. The van der Waals surface area contributed by atoms with Crippen LogP contribution in [-0.4, -0.2) is 60.0 Å². The fourth-order valence-corrected chi connectivity index (χ4v) is 3.51. The monoisotopic (exact) mass is 332 g/mol. The van der Waals surface area contributed by atoms with Crippen molar-refractivity contribution in [1.29, 1.82) is 0 Å². The van der Waals surface area contributed by atoms with Gasteiger partial charge in [0, 0.05) is 38.2 Å². The van der Waals surface area contributed by atoms with Crippen molar-refractivity contribution in [2.45, 2.75) is 25.7 Å². The van der Waals surface area contributed by atoms with E-state index < -0.39 is 0 Å². The van der Waals surface area contributed by atoms with E-state index in [-0.39, 0.29) is 29.0 Å². The van der Waals surface area contributed by atoms with Crippen LogP contribution in [0.25, 0.3) is 0 Å². The lowest BCUT2D eigenvalue weighted by Gasteiger charge is -2.33. The summed E-state index contributed by atoms with van der Waals surface area (Å²) in [5.41, 5.74) is 0.278. The minimum absolute atomic E-state index is 0.0246. The second-order valence-corrected chi connectivity index (χ2v) is 6.48. The van der Waals surface area contributed by atoms with Gasteiger partial charge in [0.2, 0.25) is 5.91 Å². The number of benzene rings is 1. The molecule has 2 aliphatic rings. The molecule has 2 heterocycles. The van der Waals surface area contributed by atoms with Crippen LogP contribution in [0.1, 0.15) is 36.0 Å². The summed E-state index contributed by atoms with van der Waals surface area (Å²) >= 11 is 0. The summed E-state index contributed by atoms with van der Waals surface area (Å²) < 4.78 is 5.04. The molecule has 0 aromatic heterocycles. The van der Waals surface area contributed by atoms with Crippen molar-refractivity contribution in [3.8, 4) is 11.5 Å². The van der Waals surface area contributed by atoms with E-state index in [1.54, 1.807) is 17.0 Å². The lowest BCUT2D eigenvalue weighted by Crippen LogP contribution is -2.43. The number of phenols is 1. The SMILES string of the molecule is COc1ccc(C(=O)N2CCC(C(=O)N3CCCC3)CC2)c(O)c1. The summed E-state index contributed by atoms with van der Waals surface area (Å²) in [6, 6.07) is 4.69. The Morgan fingerprint density at radius 1 is 1.08 bits per heavy atom. The highest BCUT2D eigenvalue weighted by atomic mass is 16.5. The molecule has 6 heteroatoms. The predicted octanol–water partition coefficient (Wildman–Crippen LogP) is 1.88. The number of rotatable bonds is 3. The van der Waals surface area contributed by atoms with Crippen molar-refractivity contribution in [3.63, 3.8) is 0 Å². The zero-order valence-corrected chi connectivity index (χ0v) is 14.0. The average Bonchev–Trinajstić information content (AvgIpc) is 3.15. The summed E-state index contributed by atoms with van der Waals surface area (Å²) in [5.74, 6) is 0.513. The number of phenolic OH excluding ortho intramolecular Hbond substituents is 1. The van der Waals surface area contributed by atoms with Gasteiger partial charge in [-0.3, -0.25) is 9.59 Å². The molecule has 0 bridgehead atoms. The molecule has 1 N–H and O–H groups in total. The van der Waals surface area contributed by atoms with E-state index >= 15 is 0 Å². The van der Waals surface area contributed by atoms with Gasteiger partial charge < -0.3 is 19.6 Å². The van der Waals surface area contributed by atoms with Crippen molar-refractivity contribution in [2.75, 3.05) is 33.3 Å². The largest absolute Gasteiger partial charge is 0.507 e. The number of amides is 2. The molecule has 0 spiro atoms. The summed E-state index contributed by atoms with van der Waals surface area (Å²) in [5, 5.41) is 10.0. The van der Waals surface area contributed by atoms with Gasteiger partial charge in [0.05, 0.1) is 12.7 Å². The molecule has 3 rings (SSSR count). The van der Waals surface area contributed by atoms with Crippen LogP contribution >= 0.6 is 0 Å². The number of piperidine rings is 1. The Kier molecular flexibility index (Phi) is 4.92. The minimum Gasteiger partial charge on any atom is -0.507 e. The van der Waals surface area contributed by atoms with Crippen LogP contribution in [0.4, 0.5) is 0 Å². The molecule has 0 aliphatic carbocycles. The average molecular weight is 332 g/mol. The zero-order chi connectivity index (χ0) is 17.1. The second-order valence-electron chi connectivity index (χ2n) is 6.48. The molecule has 0 atom stereocenters. The quantitative estimate of drug-likeness (QED) is 0.917. The van der Waals surface area contributed by atoms with Gasteiger partial charge in [0.25, 0.3) is 5.91 Å². The summed E-state index contributed by atoms with van der Waals surface area (Å²) in [7, 11) is 1.51. The molecule has 1 aromatic carbocycles. The van der Waals surface area contributed by atoms with Crippen LogP contribution in [0.15, 0.2) is 18.2 Å². The lowest BCUT2D eigenvalue weighted by molar-refractivity contribution is -0.135. The highest BCUT2D eigenvalue weighted by Gasteiger charge is 2.32. The molecule has 1 aromatic rings. The summed E-state index contributed by atoms with van der Waals surface area (Å²) in [6.07, 6.45) is 3.58. The van der Waals surface area contributed by atoms with Crippen LogP contribution in [-0.2, 0) is 4.79 Å². The Morgan fingerprint density at radius 2 is 1.75 bits per heavy atom. The number of carbonyl (C=O) groups excluding carboxylic acids is 2. The number of ether oxygens (including phenoxy) is 1. The third-order valence-electron chi connectivity index (χ3n) is 4.98. The highest BCUT2D eigenvalue weighted by molar-refractivity contribution is 5.97. The van der Waals surface area contributed by atoms with E-state index in [0.29, 0.717) is 31.7 Å². The second kappa shape index (κ2) is 7.11. The lowest BCUT2D eigenvalue weighted by atomic mass is 9.95. The third-order valence-corrected chi connectivity index (χ3v) is 4.98. The van der Waals surface area contributed by atoms with Crippen LogP contribution in [0.3, 0.4) is 0 Å². The Labute approximate surface area is 142 Å². The Hall–Kier alpha value is -2.24. The van der Waals surface area contributed by atoms with Crippen molar-refractivity contribution in [2.24, 2.45) is 5.92 Å². The van der Waals surface area contributed by atoms with E-state index in [1.165, 1.54) is 13.2 Å². The van der Waals surface area contributed by atoms with Crippen molar-refractivity contribution >= 4 is 11.8 Å². The summed E-state index contributed by atoms with van der Waals surface area (Å²) in [6.45, 7) is 2.85. The number of hydrogen-bond acceptors (Lipinski definition) is 4. The molecular weight excluding hydrogens is 308 g/mol. The molecule has 2 aliphatic heterocycles. The van der Waals surface area contributed by atoms with Crippen LogP contribution in [0.2, 0.25) is 0 Å². The van der Waals surface area contributed by atoms with Gasteiger partial charge in [-0.05, 0) is 37.8 Å². The van der Waals surface area contributed by atoms with E-state index in [9.17, 15) is 14.7 Å². The normalized spacial score (nSPS) is 18.7. The van der Waals surface area contributed by atoms with Crippen LogP contribution < -0.4 is 4.74 Å².